The minimum absolute atomic E-state index is 0.223. The van der Waals surface area contributed by atoms with Crippen molar-refractivity contribution in [2.24, 2.45) is 0 Å². The number of anilines is 1. The van der Waals surface area contributed by atoms with Crippen molar-refractivity contribution in [3.8, 4) is 11.4 Å². The Bertz CT molecular complexity index is 614. The Morgan fingerprint density at radius 2 is 2.11 bits per heavy atom. The van der Waals surface area contributed by atoms with E-state index in [-0.39, 0.29) is 18.9 Å². The molecule has 7 heteroatoms. The zero-order valence-corrected chi connectivity index (χ0v) is 10.3. The first kappa shape index (κ1) is 12.0. The number of halogens is 2. The fourth-order valence-corrected chi connectivity index (χ4v) is 2.07. The summed E-state index contributed by atoms with van der Waals surface area (Å²) in [7, 11) is 0. The molecule has 0 amide bonds. The molecule has 1 aliphatic rings. The van der Waals surface area contributed by atoms with Crippen molar-refractivity contribution < 1.29 is 8.78 Å². The molecule has 1 fully saturated rings. The molecule has 1 aliphatic carbocycles. The van der Waals surface area contributed by atoms with Crippen LogP contribution in [0.5, 0.6) is 0 Å². The number of aryl methyl sites for hydroxylation is 1. The quantitative estimate of drug-likeness (QED) is 0.845. The number of rotatable bonds is 2. The second kappa shape index (κ2) is 3.97. The molecule has 5 nitrogen and oxygen atoms in total. The van der Waals surface area contributed by atoms with Crippen LogP contribution in [0.1, 0.15) is 24.4 Å². The van der Waals surface area contributed by atoms with Crippen molar-refractivity contribution in [2.75, 3.05) is 5.73 Å². The van der Waals surface area contributed by atoms with Crippen LogP contribution in [0, 0.1) is 6.92 Å². The summed E-state index contributed by atoms with van der Waals surface area (Å²) >= 11 is 0. The summed E-state index contributed by atoms with van der Waals surface area (Å²) in [4.78, 5) is 1.27. The molecule has 19 heavy (non-hydrogen) atoms. The number of nitrogen functional groups attached to an aromatic ring is 1. The first-order valence-corrected chi connectivity index (χ1v) is 5.98. The summed E-state index contributed by atoms with van der Waals surface area (Å²) in [5.41, 5.74) is 8.16. The zero-order chi connectivity index (χ0) is 13.6. The molecule has 0 bridgehead atoms. The highest BCUT2D eigenvalue weighted by Crippen LogP contribution is 2.44. The lowest BCUT2D eigenvalue weighted by Gasteiger charge is -2.33. The third-order valence-electron chi connectivity index (χ3n) is 3.36. The molecule has 100 valence electrons. The highest BCUT2D eigenvalue weighted by Gasteiger charge is 2.47. The molecule has 1 aromatic carbocycles. The van der Waals surface area contributed by atoms with Crippen molar-refractivity contribution in [1.82, 2.24) is 20.2 Å². The molecule has 0 saturated heterocycles. The summed E-state index contributed by atoms with van der Waals surface area (Å²) in [6.45, 7) is 1.90. The Balaban J connectivity index is 1.83. The van der Waals surface area contributed by atoms with Crippen molar-refractivity contribution in [1.29, 1.82) is 0 Å². The van der Waals surface area contributed by atoms with Gasteiger partial charge in [0.05, 0.1) is 6.04 Å². The summed E-state index contributed by atoms with van der Waals surface area (Å²) in [5, 5.41) is 11.9. The fourth-order valence-electron chi connectivity index (χ4n) is 2.07. The minimum Gasteiger partial charge on any atom is -0.398 e. The summed E-state index contributed by atoms with van der Waals surface area (Å²) in [6, 6.07) is 5.09. The molecule has 0 aliphatic heterocycles. The molecule has 2 N–H and O–H groups in total. The maximum Gasteiger partial charge on any atom is 0.252 e. The standard InChI is InChI=1S/C12H13F2N5/c1-7-2-3-8(4-10(7)15)11-16-18-19(17-11)9-5-12(13,14)6-9/h2-4,9H,5-6,15H2,1H3. The summed E-state index contributed by atoms with van der Waals surface area (Å²) in [6.07, 6.45) is -0.447. The van der Waals surface area contributed by atoms with Crippen LogP contribution in [0.25, 0.3) is 11.4 Å². The van der Waals surface area contributed by atoms with Gasteiger partial charge in [-0.05, 0) is 23.8 Å². The summed E-state index contributed by atoms with van der Waals surface area (Å²) < 4.78 is 25.6. The van der Waals surface area contributed by atoms with Crippen molar-refractivity contribution in [3.05, 3.63) is 23.8 Å². The number of benzene rings is 1. The SMILES string of the molecule is Cc1ccc(-c2nnn(C3CC(F)(F)C3)n2)cc1N. The molecular weight excluding hydrogens is 252 g/mol. The van der Waals surface area contributed by atoms with E-state index >= 15 is 0 Å². The maximum absolute atomic E-state index is 12.8. The third kappa shape index (κ3) is 2.16. The van der Waals surface area contributed by atoms with E-state index in [0.717, 1.165) is 11.1 Å². The monoisotopic (exact) mass is 265 g/mol. The maximum atomic E-state index is 12.8. The molecular formula is C12H13F2N5. The predicted octanol–water partition coefficient (Wildman–Crippen LogP) is 2.20. The van der Waals surface area contributed by atoms with E-state index < -0.39 is 5.92 Å². The molecule has 0 atom stereocenters. The molecule has 3 rings (SSSR count). The molecule has 1 aromatic heterocycles. The highest BCUT2D eigenvalue weighted by molar-refractivity contribution is 5.62. The van der Waals surface area contributed by atoms with Gasteiger partial charge < -0.3 is 5.73 Å². The highest BCUT2D eigenvalue weighted by atomic mass is 19.3. The van der Waals surface area contributed by atoms with Crippen molar-refractivity contribution in [3.63, 3.8) is 0 Å². The van der Waals surface area contributed by atoms with Crippen LogP contribution in [0.3, 0.4) is 0 Å². The Morgan fingerprint density at radius 1 is 1.37 bits per heavy atom. The van der Waals surface area contributed by atoms with Crippen molar-refractivity contribution >= 4 is 5.69 Å². The molecule has 0 radical (unpaired) electrons. The molecule has 1 saturated carbocycles. The van der Waals surface area contributed by atoms with Crippen molar-refractivity contribution in [2.45, 2.75) is 31.7 Å². The topological polar surface area (TPSA) is 69.6 Å². The van der Waals surface area contributed by atoms with E-state index in [1.165, 1.54) is 4.80 Å². The van der Waals surface area contributed by atoms with Gasteiger partial charge in [-0.25, -0.2) is 8.78 Å². The van der Waals surface area contributed by atoms with Gasteiger partial charge in [-0.1, -0.05) is 12.1 Å². The van der Waals surface area contributed by atoms with E-state index in [1.54, 1.807) is 6.07 Å². The van der Waals surface area contributed by atoms with E-state index in [0.29, 0.717) is 11.5 Å². The van der Waals surface area contributed by atoms with Crippen LogP contribution >= 0.6 is 0 Å². The Morgan fingerprint density at radius 3 is 2.74 bits per heavy atom. The minimum atomic E-state index is -2.59. The molecule has 2 aromatic rings. The molecule has 1 heterocycles. The van der Waals surface area contributed by atoms with E-state index in [1.807, 2.05) is 19.1 Å². The largest absolute Gasteiger partial charge is 0.398 e. The number of aromatic nitrogens is 4. The summed E-state index contributed by atoms with van der Waals surface area (Å²) in [5.74, 6) is -2.19. The average Bonchev–Trinajstić information content (AvgIpc) is 2.78. The molecule has 0 spiro atoms. The Kier molecular flexibility index (Phi) is 2.51. The smallest absolute Gasteiger partial charge is 0.252 e. The van der Waals surface area contributed by atoms with Crippen LogP contribution in [-0.2, 0) is 0 Å². The first-order valence-electron chi connectivity index (χ1n) is 5.98. The predicted molar refractivity (Wildman–Crippen MR) is 65.6 cm³/mol. The number of tetrazole rings is 1. The van der Waals surface area contributed by atoms with Crippen LogP contribution < -0.4 is 5.73 Å². The van der Waals surface area contributed by atoms with Crippen LogP contribution in [-0.4, -0.2) is 26.1 Å². The Hall–Kier alpha value is -2.05. The number of alkyl halides is 2. The van der Waals surface area contributed by atoms with Gasteiger partial charge in [-0.2, -0.15) is 4.80 Å². The zero-order valence-electron chi connectivity index (χ0n) is 10.3. The van der Waals surface area contributed by atoms with Crippen LogP contribution in [0.15, 0.2) is 18.2 Å². The van der Waals surface area contributed by atoms with Gasteiger partial charge in [0.2, 0.25) is 5.82 Å². The number of hydrogen-bond acceptors (Lipinski definition) is 4. The average molecular weight is 265 g/mol. The van der Waals surface area contributed by atoms with E-state index in [4.69, 9.17) is 5.73 Å². The van der Waals surface area contributed by atoms with Gasteiger partial charge in [0.1, 0.15) is 0 Å². The second-order valence-electron chi connectivity index (χ2n) is 4.92. The van der Waals surface area contributed by atoms with Crippen LogP contribution in [0.2, 0.25) is 0 Å². The first-order chi connectivity index (χ1) is 8.94. The van der Waals surface area contributed by atoms with Gasteiger partial charge >= 0.3 is 0 Å². The normalized spacial score (nSPS) is 18.3. The van der Waals surface area contributed by atoms with Gasteiger partial charge in [0, 0.05) is 24.1 Å². The lowest BCUT2D eigenvalue weighted by atomic mass is 9.89. The fraction of sp³-hybridized carbons (Fsp3) is 0.417. The van der Waals surface area contributed by atoms with Crippen LogP contribution in [0.4, 0.5) is 14.5 Å². The number of hydrogen-bond donors (Lipinski definition) is 1. The van der Waals surface area contributed by atoms with Gasteiger partial charge in [-0.15, -0.1) is 10.2 Å². The number of nitrogens with two attached hydrogens (primary N) is 1. The van der Waals surface area contributed by atoms with Gasteiger partial charge in [-0.3, -0.25) is 0 Å². The third-order valence-corrected chi connectivity index (χ3v) is 3.36. The van der Waals surface area contributed by atoms with Gasteiger partial charge in [0.25, 0.3) is 5.92 Å². The lowest BCUT2D eigenvalue weighted by Crippen LogP contribution is -2.38. The molecule has 0 unspecified atom stereocenters. The number of nitrogens with zero attached hydrogens (tertiary/aromatic N) is 4. The second-order valence-corrected chi connectivity index (χ2v) is 4.92. The Labute approximate surface area is 108 Å². The lowest BCUT2D eigenvalue weighted by molar-refractivity contribution is -0.110. The van der Waals surface area contributed by atoms with E-state index in [9.17, 15) is 8.78 Å². The van der Waals surface area contributed by atoms with Gasteiger partial charge in [0.15, 0.2) is 0 Å². The van der Waals surface area contributed by atoms with E-state index in [2.05, 4.69) is 15.4 Å².